The summed E-state index contributed by atoms with van der Waals surface area (Å²) in [7, 11) is 0. The van der Waals surface area contributed by atoms with Gasteiger partial charge in [-0.05, 0) is 41.1 Å². The Balaban J connectivity index is 1.92. The molecule has 0 aromatic heterocycles. The molecule has 0 bridgehead atoms. The van der Waals surface area contributed by atoms with Crippen LogP contribution in [-0.4, -0.2) is 28.5 Å². The van der Waals surface area contributed by atoms with Crippen LogP contribution in [0.25, 0.3) is 6.08 Å². The zero-order chi connectivity index (χ0) is 18.5. The van der Waals surface area contributed by atoms with Gasteiger partial charge >= 0.3 is 0 Å². The van der Waals surface area contributed by atoms with Gasteiger partial charge in [0.1, 0.15) is 0 Å². The molecule has 130 valence electrons. The molecule has 0 N–H and O–H groups in total. The van der Waals surface area contributed by atoms with Crippen LogP contribution in [0.3, 0.4) is 0 Å². The zero-order valence-electron chi connectivity index (χ0n) is 13.8. The Labute approximate surface area is 155 Å². The van der Waals surface area contributed by atoms with Crippen molar-refractivity contribution in [3.63, 3.8) is 0 Å². The minimum absolute atomic E-state index is 0.0803. The van der Waals surface area contributed by atoms with Crippen LogP contribution in [0, 0.1) is 0 Å². The van der Waals surface area contributed by atoms with Crippen molar-refractivity contribution < 1.29 is 14.7 Å². The van der Waals surface area contributed by atoms with Gasteiger partial charge in [-0.2, -0.15) is 0 Å². The number of carbonyl (C=O) groups is 2. The van der Waals surface area contributed by atoms with E-state index in [1.54, 1.807) is 23.1 Å². The van der Waals surface area contributed by atoms with Gasteiger partial charge in [-0.1, -0.05) is 48.5 Å². The highest BCUT2D eigenvalue weighted by atomic mass is 32.2. The monoisotopic (exact) mass is 363 g/mol. The molecule has 1 heterocycles. The van der Waals surface area contributed by atoms with E-state index in [2.05, 4.69) is 11.6 Å². The maximum atomic E-state index is 12.7. The lowest BCUT2D eigenvalue weighted by Crippen LogP contribution is -2.29. The van der Waals surface area contributed by atoms with Gasteiger partial charge in [-0.3, -0.25) is 9.69 Å². The maximum absolute atomic E-state index is 12.7. The predicted octanol–water partition coefficient (Wildman–Crippen LogP) is 2.84. The first-order chi connectivity index (χ1) is 12.6. The Hall–Kier alpha value is -3.12. The number of carboxylic acid groups (broad SMARTS) is 1. The van der Waals surface area contributed by atoms with Crippen LogP contribution in [0.15, 0.2) is 77.1 Å². The third-order valence-corrected chi connectivity index (χ3v) is 4.63. The molecule has 0 atom stereocenters. The van der Waals surface area contributed by atoms with Crippen LogP contribution in [0.4, 0.5) is 5.69 Å². The number of aliphatic imine (C=N–C) groups is 1. The molecule has 2 aromatic rings. The number of carboxylic acids is 1. The SMILES string of the molecule is C=CCN1C(=O)C(=Cc2ccccc2)SC1=Nc1ccc(C(=O)[O-])cc1. The van der Waals surface area contributed by atoms with E-state index in [-0.39, 0.29) is 11.5 Å². The van der Waals surface area contributed by atoms with Crippen molar-refractivity contribution in [2.24, 2.45) is 4.99 Å². The standard InChI is InChI=1S/C20H16N2O3S/c1-2-12-22-18(23)17(13-14-6-4-3-5-7-14)26-20(22)21-16-10-8-15(9-11-16)19(24)25/h2-11,13H,1,12H2,(H,24,25)/p-1. The first-order valence-electron chi connectivity index (χ1n) is 7.86. The molecule has 5 nitrogen and oxygen atoms in total. The summed E-state index contributed by atoms with van der Waals surface area (Å²) in [5.74, 6) is -1.38. The summed E-state index contributed by atoms with van der Waals surface area (Å²) >= 11 is 1.28. The molecule has 1 amide bonds. The van der Waals surface area contributed by atoms with E-state index in [0.29, 0.717) is 22.3 Å². The molecule has 0 aliphatic carbocycles. The van der Waals surface area contributed by atoms with Crippen LogP contribution in [0.2, 0.25) is 0 Å². The fourth-order valence-electron chi connectivity index (χ4n) is 2.36. The molecule has 6 heteroatoms. The van der Waals surface area contributed by atoms with E-state index in [0.717, 1.165) is 5.56 Å². The van der Waals surface area contributed by atoms with Gasteiger partial charge in [-0.15, -0.1) is 6.58 Å². The van der Waals surface area contributed by atoms with Crippen LogP contribution >= 0.6 is 11.8 Å². The van der Waals surface area contributed by atoms with E-state index in [1.165, 1.54) is 23.9 Å². The third-order valence-electron chi connectivity index (χ3n) is 3.62. The third kappa shape index (κ3) is 3.92. The maximum Gasteiger partial charge on any atom is 0.267 e. The summed E-state index contributed by atoms with van der Waals surface area (Å²) in [6, 6.07) is 15.6. The van der Waals surface area contributed by atoms with Crippen LogP contribution in [0.5, 0.6) is 0 Å². The quantitative estimate of drug-likeness (QED) is 0.605. The molecular formula is C20H15N2O3S-. The van der Waals surface area contributed by atoms with Crippen molar-refractivity contribution in [2.75, 3.05) is 6.54 Å². The number of benzene rings is 2. The van der Waals surface area contributed by atoms with E-state index in [4.69, 9.17) is 0 Å². The number of thioether (sulfide) groups is 1. The normalized spacial score (nSPS) is 17.1. The van der Waals surface area contributed by atoms with Crippen molar-refractivity contribution in [1.29, 1.82) is 0 Å². The van der Waals surface area contributed by atoms with Crippen LogP contribution in [0.1, 0.15) is 15.9 Å². The molecule has 1 aliphatic heterocycles. The Morgan fingerprint density at radius 3 is 2.46 bits per heavy atom. The number of rotatable bonds is 5. The molecule has 26 heavy (non-hydrogen) atoms. The average Bonchev–Trinajstić information content (AvgIpc) is 2.92. The van der Waals surface area contributed by atoms with Crippen LogP contribution in [-0.2, 0) is 4.79 Å². The highest BCUT2D eigenvalue weighted by Crippen LogP contribution is 2.34. The minimum atomic E-state index is -1.24. The van der Waals surface area contributed by atoms with Crippen LogP contribution < -0.4 is 5.11 Å². The van der Waals surface area contributed by atoms with Gasteiger partial charge in [0.15, 0.2) is 5.17 Å². The smallest absolute Gasteiger partial charge is 0.267 e. The summed E-state index contributed by atoms with van der Waals surface area (Å²) < 4.78 is 0. The topological polar surface area (TPSA) is 72.8 Å². The summed E-state index contributed by atoms with van der Waals surface area (Å²) in [6.45, 7) is 4.03. The van der Waals surface area contributed by atoms with Crippen molar-refractivity contribution in [3.05, 3.63) is 83.3 Å². The lowest BCUT2D eigenvalue weighted by molar-refractivity contribution is -0.255. The zero-order valence-corrected chi connectivity index (χ0v) is 14.6. The molecule has 0 radical (unpaired) electrons. The number of carbonyl (C=O) groups excluding carboxylic acids is 2. The molecule has 1 aliphatic rings. The summed E-state index contributed by atoms with van der Waals surface area (Å²) in [6.07, 6.45) is 3.46. The minimum Gasteiger partial charge on any atom is -0.545 e. The first-order valence-corrected chi connectivity index (χ1v) is 8.67. The first kappa shape index (κ1) is 17.7. The highest BCUT2D eigenvalue weighted by molar-refractivity contribution is 8.18. The number of amidine groups is 1. The second kappa shape index (κ2) is 7.84. The molecule has 0 unspecified atom stereocenters. The van der Waals surface area contributed by atoms with Gasteiger partial charge in [0.25, 0.3) is 5.91 Å². The summed E-state index contributed by atoms with van der Waals surface area (Å²) in [5, 5.41) is 11.4. The van der Waals surface area contributed by atoms with E-state index >= 15 is 0 Å². The molecule has 0 spiro atoms. The summed E-state index contributed by atoms with van der Waals surface area (Å²) in [5.41, 5.74) is 1.57. The predicted molar refractivity (Wildman–Crippen MR) is 102 cm³/mol. The van der Waals surface area contributed by atoms with E-state index < -0.39 is 5.97 Å². The fraction of sp³-hybridized carbons (Fsp3) is 0.0500. The van der Waals surface area contributed by atoms with Crippen molar-refractivity contribution in [2.45, 2.75) is 0 Å². The molecule has 0 saturated carbocycles. The molecule has 1 saturated heterocycles. The van der Waals surface area contributed by atoms with Gasteiger partial charge in [0, 0.05) is 6.54 Å². The lowest BCUT2D eigenvalue weighted by Gasteiger charge is -2.12. The number of hydrogen-bond donors (Lipinski definition) is 0. The average molecular weight is 363 g/mol. The number of amides is 1. The molecular weight excluding hydrogens is 348 g/mol. The molecule has 2 aromatic carbocycles. The van der Waals surface area contributed by atoms with Gasteiger partial charge in [-0.25, -0.2) is 4.99 Å². The lowest BCUT2D eigenvalue weighted by atomic mass is 10.2. The number of hydrogen-bond acceptors (Lipinski definition) is 5. The second-order valence-corrected chi connectivity index (χ2v) is 6.46. The van der Waals surface area contributed by atoms with Crippen molar-refractivity contribution in [1.82, 2.24) is 4.90 Å². The van der Waals surface area contributed by atoms with Gasteiger partial charge < -0.3 is 9.90 Å². The largest absolute Gasteiger partial charge is 0.545 e. The Bertz CT molecular complexity index is 902. The second-order valence-electron chi connectivity index (χ2n) is 5.45. The number of nitrogens with zero attached hydrogens (tertiary/aromatic N) is 2. The highest BCUT2D eigenvalue weighted by Gasteiger charge is 2.32. The Morgan fingerprint density at radius 2 is 1.85 bits per heavy atom. The Kier molecular flexibility index (Phi) is 5.34. The molecule has 3 rings (SSSR count). The van der Waals surface area contributed by atoms with Gasteiger partial charge in [0.05, 0.1) is 16.6 Å². The number of aromatic carboxylic acids is 1. The van der Waals surface area contributed by atoms with E-state index in [1.807, 2.05) is 36.4 Å². The van der Waals surface area contributed by atoms with Crippen molar-refractivity contribution in [3.8, 4) is 0 Å². The van der Waals surface area contributed by atoms with E-state index in [9.17, 15) is 14.7 Å². The van der Waals surface area contributed by atoms with Crippen molar-refractivity contribution >= 4 is 40.6 Å². The van der Waals surface area contributed by atoms with Gasteiger partial charge in [0.2, 0.25) is 0 Å². The molecule has 1 fully saturated rings. The Morgan fingerprint density at radius 1 is 1.15 bits per heavy atom. The summed E-state index contributed by atoms with van der Waals surface area (Å²) in [4.78, 5) is 30.1. The fourth-order valence-corrected chi connectivity index (χ4v) is 3.37.